The van der Waals surface area contributed by atoms with Gasteiger partial charge < -0.3 is 10.2 Å². The summed E-state index contributed by atoms with van der Waals surface area (Å²) in [6.07, 6.45) is 0. The third-order valence-electron chi connectivity index (χ3n) is 3.26. The molecule has 1 aromatic carbocycles. The maximum Gasteiger partial charge on any atom is 0.274 e. The van der Waals surface area contributed by atoms with Crippen molar-refractivity contribution in [3.8, 4) is 0 Å². The number of rotatable bonds is 6. The fraction of sp³-hybridized carbons (Fsp3) is 0.467. The molecule has 0 aliphatic carbocycles. The standard InChI is InChI=1S/C15H21N3O4/c1-10(2)14(16-11(3)19)15(20)17(4)9-12-7-5-6-8-13(12)18(21)22/h5-8,10,14H,9H2,1-4H3,(H,16,19)/t14-/m0/s1. The monoisotopic (exact) mass is 307 g/mol. The Kier molecular flexibility index (Phi) is 6.03. The molecule has 0 unspecified atom stereocenters. The highest BCUT2D eigenvalue weighted by molar-refractivity contribution is 5.87. The van der Waals surface area contributed by atoms with Gasteiger partial charge in [-0.3, -0.25) is 19.7 Å². The summed E-state index contributed by atoms with van der Waals surface area (Å²) in [7, 11) is 1.57. The van der Waals surface area contributed by atoms with Crippen LogP contribution >= 0.6 is 0 Å². The molecule has 0 aliphatic rings. The molecular weight excluding hydrogens is 286 g/mol. The molecule has 1 atom stereocenters. The van der Waals surface area contributed by atoms with Crippen molar-refractivity contribution in [2.24, 2.45) is 5.92 Å². The molecule has 0 heterocycles. The third-order valence-corrected chi connectivity index (χ3v) is 3.26. The SMILES string of the molecule is CC(=O)N[C@H](C(=O)N(C)Cc1ccccc1[N+](=O)[O-])C(C)C. The van der Waals surface area contributed by atoms with Crippen LogP contribution in [-0.2, 0) is 16.1 Å². The number of likely N-dealkylation sites (N-methyl/N-ethyl adjacent to an activating group) is 1. The zero-order chi connectivity index (χ0) is 16.9. The Hall–Kier alpha value is -2.44. The summed E-state index contributed by atoms with van der Waals surface area (Å²) in [4.78, 5) is 35.6. The lowest BCUT2D eigenvalue weighted by Crippen LogP contribution is -2.49. The first-order chi connectivity index (χ1) is 10.2. The lowest BCUT2D eigenvalue weighted by atomic mass is 10.0. The highest BCUT2D eigenvalue weighted by Crippen LogP contribution is 2.19. The minimum atomic E-state index is -0.648. The van der Waals surface area contributed by atoms with E-state index in [1.165, 1.54) is 17.9 Å². The molecule has 0 saturated heterocycles. The van der Waals surface area contributed by atoms with Crippen molar-refractivity contribution in [2.75, 3.05) is 7.05 Å². The van der Waals surface area contributed by atoms with E-state index in [1.54, 1.807) is 25.2 Å². The van der Waals surface area contributed by atoms with Crippen molar-refractivity contribution in [2.45, 2.75) is 33.4 Å². The van der Waals surface area contributed by atoms with E-state index in [1.807, 2.05) is 13.8 Å². The third kappa shape index (κ3) is 4.54. The second kappa shape index (κ2) is 7.53. The first-order valence-corrected chi connectivity index (χ1v) is 6.98. The highest BCUT2D eigenvalue weighted by Gasteiger charge is 2.27. The number of carbonyl (C=O) groups is 2. The lowest BCUT2D eigenvalue weighted by molar-refractivity contribution is -0.385. The van der Waals surface area contributed by atoms with Crippen LogP contribution in [0.5, 0.6) is 0 Å². The molecule has 7 nitrogen and oxygen atoms in total. The normalized spacial score (nSPS) is 11.9. The number of nitrogens with zero attached hydrogens (tertiary/aromatic N) is 2. The summed E-state index contributed by atoms with van der Waals surface area (Å²) in [5.74, 6) is -0.640. The van der Waals surface area contributed by atoms with E-state index >= 15 is 0 Å². The molecule has 0 aromatic heterocycles. The first kappa shape index (κ1) is 17.6. The minimum absolute atomic E-state index is 0.0252. The molecule has 0 radical (unpaired) electrons. The molecule has 0 saturated carbocycles. The van der Waals surface area contributed by atoms with E-state index in [4.69, 9.17) is 0 Å². The van der Waals surface area contributed by atoms with Gasteiger partial charge in [-0.1, -0.05) is 32.0 Å². The van der Waals surface area contributed by atoms with Crippen LogP contribution in [0.4, 0.5) is 5.69 Å². The topological polar surface area (TPSA) is 92.6 Å². The van der Waals surface area contributed by atoms with Gasteiger partial charge in [-0.15, -0.1) is 0 Å². The Morgan fingerprint density at radius 2 is 1.91 bits per heavy atom. The zero-order valence-corrected chi connectivity index (χ0v) is 13.2. The Bertz CT molecular complexity index is 572. The predicted molar refractivity (Wildman–Crippen MR) is 82.0 cm³/mol. The number of nitro groups is 1. The van der Waals surface area contributed by atoms with Crippen molar-refractivity contribution < 1.29 is 14.5 Å². The van der Waals surface area contributed by atoms with Gasteiger partial charge in [0.2, 0.25) is 11.8 Å². The van der Waals surface area contributed by atoms with Gasteiger partial charge >= 0.3 is 0 Å². The average Bonchev–Trinajstić information content (AvgIpc) is 2.43. The number of nitrogens with one attached hydrogen (secondary N) is 1. The van der Waals surface area contributed by atoms with Crippen LogP contribution in [0.3, 0.4) is 0 Å². The van der Waals surface area contributed by atoms with E-state index in [0.717, 1.165) is 0 Å². The molecule has 1 aromatic rings. The summed E-state index contributed by atoms with van der Waals surface area (Å²) in [6.45, 7) is 5.12. The van der Waals surface area contributed by atoms with Crippen molar-refractivity contribution in [1.29, 1.82) is 0 Å². The summed E-state index contributed by atoms with van der Waals surface area (Å²) < 4.78 is 0. The molecule has 2 amide bonds. The molecule has 0 bridgehead atoms. The van der Waals surface area contributed by atoms with E-state index < -0.39 is 11.0 Å². The van der Waals surface area contributed by atoms with Crippen molar-refractivity contribution in [3.05, 3.63) is 39.9 Å². The Labute approximate surface area is 129 Å². The van der Waals surface area contributed by atoms with Gasteiger partial charge in [0.15, 0.2) is 0 Å². The first-order valence-electron chi connectivity index (χ1n) is 6.98. The number of hydrogen-bond donors (Lipinski definition) is 1. The molecule has 0 aliphatic heterocycles. The number of nitro benzene ring substituents is 1. The second-order valence-electron chi connectivity index (χ2n) is 5.50. The van der Waals surface area contributed by atoms with Gasteiger partial charge in [0.25, 0.3) is 5.69 Å². The summed E-state index contributed by atoms with van der Waals surface area (Å²) in [5.41, 5.74) is 0.427. The Morgan fingerprint density at radius 3 is 2.41 bits per heavy atom. The van der Waals surface area contributed by atoms with Gasteiger partial charge in [0, 0.05) is 25.6 Å². The number of amides is 2. The minimum Gasteiger partial charge on any atom is -0.344 e. The van der Waals surface area contributed by atoms with Gasteiger partial charge in [-0.2, -0.15) is 0 Å². The van der Waals surface area contributed by atoms with E-state index in [0.29, 0.717) is 5.56 Å². The van der Waals surface area contributed by atoms with Gasteiger partial charge in [0.05, 0.1) is 11.5 Å². The molecule has 0 spiro atoms. The van der Waals surface area contributed by atoms with Crippen molar-refractivity contribution in [3.63, 3.8) is 0 Å². The quantitative estimate of drug-likeness (QED) is 0.639. The number of hydrogen-bond acceptors (Lipinski definition) is 4. The largest absolute Gasteiger partial charge is 0.344 e. The summed E-state index contributed by atoms with van der Waals surface area (Å²) in [5, 5.41) is 13.6. The van der Waals surface area contributed by atoms with Gasteiger partial charge in [-0.05, 0) is 5.92 Å². The molecule has 1 rings (SSSR count). The highest BCUT2D eigenvalue weighted by atomic mass is 16.6. The number of para-hydroxylation sites is 1. The summed E-state index contributed by atoms with van der Waals surface area (Å²) in [6, 6.07) is 5.64. The Morgan fingerprint density at radius 1 is 1.32 bits per heavy atom. The van der Waals surface area contributed by atoms with Crippen LogP contribution in [0.15, 0.2) is 24.3 Å². The van der Waals surface area contributed by atoms with Crippen LogP contribution in [0, 0.1) is 16.0 Å². The molecule has 120 valence electrons. The van der Waals surface area contributed by atoms with Crippen LogP contribution in [0.2, 0.25) is 0 Å². The lowest BCUT2D eigenvalue weighted by Gasteiger charge is -2.26. The number of benzene rings is 1. The van der Waals surface area contributed by atoms with Gasteiger partial charge in [-0.25, -0.2) is 0 Å². The smallest absolute Gasteiger partial charge is 0.274 e. The maximum absolute atomic E-state index is 12.4. The van der Waals surface area contributed by atoms with Crippen LogP contribution in [0.25, 0.3) is 0 Å². The van der Waals surface area contributed by atoms with E-state index in [-0.39, 0.29) is 30.0 Å². The van der Waals surface area contributed by atoms with Gasteiger partial charge in [0.1, 0.15) is 6.04 Å². The fourth-order valence-electron chi connectivity index (χ4n) is 2.13. The second-order valence-corrected chi connectivity index (χ2v) is 5.50. The molecular formula is C15H21N3O4. The van der Waals surface area contributed by atoms with Crippen molar-refractivity contribution in [1.82, 2.24) is 10.2 Å². The molecule has 22 heavy (non-hydrogen) atoms. The van der Waals surface area contributed by atoms with Crippen LogP contribution in [-0.4, -0.2) is 34.7 Å². The maximum atomic E-state index is 12.4. The average molecular weight is 307 g/mol. The molecule has 1 N–H and O–H groups in total. The molecule has 0 fully saturated rings. The van der Waals surface area contributed by atoms with E-state index in [2.05, 4.69) is 5.32 Å². The van der Waals surface area contributed by atoms with Crippen LogP contribution in [0.1, 0.15) is 26.3 Å². The van der Waals surface area contributed by atoms with Crippen molar-refractivity contribution >= 4 is 17.5 Å². The van der Waals surface area contributed by atoms with Crippen LogP contribution < -0.4 is 5.32 Å². The summed E-state index contributed by atoms with van der Waals surface area (Å²) >= 11 is 0. The molecule has 7 heteroatoms. The van der Waals surface area contributed by atoms with E-state index in [9.17, 15) is 19.7 Å². The fourth-order valence-corrected chi connectivity index (χ4v) is 2.13. The Balaban J connectivity index is 2.91. The zero-order valence-electron chi connectivity index (χ0n) is 13.2. The predicted octanol–water partition coefficient (Wildman–Crippen LogP) is 1.71. The number of carbonyl (C=O) groups excluding carboxylic acids is 2.